The molecule has 0 aliphatic carbocycles. The molecule has 0 saturated heterocycles. The number of ether oxygens (including phenoxy) is 2. The highest BCUT2D eigenvalue weighted by Gasteiger charge is 2.22. The van der Waals surface area contributed by atoms with E-state index in [1.54, 1.807) is 26.0 Å². The summed E-state index contributed by atoms with van der Waals surface area (Å²) in [5.41, 5.74) is 7.16. The Hall–Kier alpha value is -3.11. The summed E-state index contributed by atoms with van der Waals surface area (Å²) < 4.78 is 13.1. The van der Waals surface area contributed by atoms with E-state index >= 15 is 0 Å². The monoisotopic (exact) mass is 417 g/mol. The first-order valence-corrected chi connectivity index (χ1v) is 9.67. The van der Waals surface area contributed by atoms with Crippen LogP contribution in [0.15, 0.2) is 18.2 Å². The third kappa shape index (κ3) is 4.89. The first kappa shape index (κ1) is 21.6. The van der Waals surface area contributed by atoms with Crippen LogP contribution < -0.4 is 15.8 Å². The average Bonchev–Trinajstić information content (AvgIpc) is 3.01. The summed E-state index contributed by atoms with van der Waals surface area (Å²) >= 11 is 0. The van der Waals surface area contributed by atoms with Crippen LogP contribution in [0, 0.1) is 0 Å². The van der Waals surface area contributed by atoms with Crippen molar-refractivity contribution in [3.05, 3.63) is 24.0 Å². The summed E-state index contributed by atoms with van der Waals surface area (Å²) in [6.45, 7) is 6.86. The number of carboxylic acid groups (broad SMARTS) is 1. The number of aromatic nitrogens is 3. The average molecular weight is 417 g/mol. The number of fused-ring (bicyclic) bond motifs is 3. The van der Waals surface area contributed by atoms with E-state index < -0.39 is 11.7 Å². The van der Waals surface area contributed by atoms with Crippen molar-refractivity contribution in [2.24, 2.45) is 0 Å². The summed E-state index contributed by atoms with van der Waals surface area (Å²) in [5, 5.41) is 22.1. The third-order valence-corrected chi connectivity index (χ3v) is 4.38. The summed E-state index contributed by atoms with van der Waals surface area (Å²) in [6, 6.07) is 5.39. The highest BCUT2D eigenvalue weighted by atomic mass is 16.5. The smallest absolute Gasteiger partial charge is 0.404 e. The van der Waals surface area contributed by atoms with Crippen molar-refractivity contribution in [3.63, 3.8) is 0 Å². The van der Waals surface area contributed by atoms with Crippen LogP contribution in [0.1, 0.15) is 26.6 Å². The van der Waals surface area contributed by atoms with Crippen LogP contribution in [-0.4, -0.2) is 56.2 Å². The Morgan fingerprint density at radius 3 is 2.77 bits per heavy atom. The lowest BCUT2D eigenvalue weighted by Crippen LogP contribution is -2.27. The number of hydrogen-bond acceptors (Lipinski definition) is 7. The number of anilines is 1. The maximum absolute atomic E-state index is 10.5. The number of carbonyl (C=O) groups is 1. The lowest BCUT2D eigenvalue weighted by molar-refractivity contribution is 0.0582. The van der Waals surface area contributed by atoms with E-state index in [4.69, 9.17) is 20.3 Å². The van der Waals surface area contributed by atoms with Gasteiger partial charge in [-0.15, -0.1) is 0 Å². The maximum Gasteiger partial charge on any atom is 0.404 e. The standard InChI is InChI=1S/C20H27N5O5/c1-4-29-10-15-24-16-17(25(15)11-20(2,3)28)13-6-5-12(9-14(13)23-18(16)21)30-8-7-22-19(26)27/h5-6,9,22,28H,4,7-8,10-11H2,1-3H3,(H2,21,23)(H,26,27). The number of rotatable bonds is 9. The Bertz CT molecular complexity index is 1060. The maximum atomic E-state index is 10.5. The highest BCUT2D eigenvalue weighted by Crippen LogP contribution is 2.32. The van der Waals surface area contributed by atoms with Gasteiger partial charge in [0, 0.05) is 18.1 Å². The molecular weight excluding hydrogens is 390 g/mol. The second-order valence-electron chi connectivity index (χ2n) is 7.52. The molecule has 5 N–H and O–H groups in total. The van der Waals surface area contributed by atoms with Crippen molar-refractivity contribution >= 4 is 33.8 Å². The van der Waals surface area contributed by atoms with Crippen LogP contribution in [0.4, 0.5) is 10.6 Å². The topological polar surface area (TPSA) is 145 Å². The molecule has 2 aromatic heterocycles. The van der Waals surface area contributed by atoms with Gasteiger partial charge in [-0.05, 0) is 32.9 Å². The van der Waals surface area contributed by atoms with E-state index in [-0.39, 0.29) is 19.0 Å². The molecule has 1 aromatic carbocycles. The summed E-state index contributed by atoms with van der Waals surface area (Å²) in [5.74, 6) is 1.48. The predicted octanol–water partition coefficient (Wildman–Crippen LogP) is 2.12. The van der Waals surface area contributed by atoms with Crippen molar-refractivity contribution < 1.29 is 24.5 Å². The first-order chi connectivity index (χ1) is 14.2. The third-order valence-electron chi connectivity index (χ3n) is 4.38. The number of hydrogen-bond donors (Lipinski definition) is 4. The van der Waals surface area contributed by atoms with Crippen molar-refractivity contribution in [2.45, 2.75) is 39.5 Å². The SMILES string of the molecule is CCOCc1nc2c(N)nc3cc(OCCNC(=O)O)ccc3c2n1CC(C)(C)O. The van der Waals surface area contributed by atoms with Gasteiger partial charge >= 0.3 is 6.09 Å². The molecule has 0 bridgehead atoms. The molecule has 0 aliphatic heterocycles. The number of imidazole rings is 1. The van der Waals surface area contributed by atoms with Crippen LogP contribution >= 0.6 is 0 Å². The van der Waals surface area contributed by atoms with E-state index in [1.807, 2.05) is 17.6 Å². The van der Waals surface area contributed by atoms with E-state index in [9.17, 15) is 9.90 Å². The van der Waals surface area contributed by atoms with Crippen molar-refractivity contribution in [3.8, 4) is 5.75 Å². The normalized spacial score (nSPS) is 11.9. The molecule has 1 amide bonds. The second-order valence-corrected chi connectivity index (χ2v) is 7.52. The van der Waals surface area contributed by atoms with E-state index in [0.29, 0.717) is 42.4 Å². The Labute approximate surface area is 173 Å². The second kappa shape index (κ2) is 8.72. The Balaban J connectivity index is 2.05. The van der Waals surface area contributed by atoms with Crippen LogP contribution in [0.5, 0.6) is 5.75 Å². The molecule has 0 saturated carbocycles. The first-order valence-electron chi connectivity index (χ1n) is 9.67. The zero-order chi connectivity index (χ0) is 21.9. The molecule has 2 heterocycles. The fraction of sp³-hybridized carbons (Fsp3) is 0.450. The molecular formula is C20H27N5O5. The summed E-state index contributed by atoms with van der Waals surface area (Å²) in [7, 11) is 0. The molecule has 0 spiro atoms. The zero-order valence-corrected chi connectivity index (χ0v) is 17.3. The van der Waals surface area contributed by atoms with Crippen LogP contribution in [0.3, 0.4) is 0 Å². The van der Waals surface area contributed by atoms with Crippen LogP contribution in [-0.2, 0) is 17.9 Å². The minimum Gasteiger partial charge on any atom is -0.492 e. The van der Waals surface area contributed by atoms with Gasteiger partial charge in [0.2, 0.25) is 0 Å². The lowest BCUT2D eigenvalue weighted by Gasteiger charge is -2.20. The molecule has 3 rings (SSSR count). The minimum atomic E-state index is -1.10. The molecule has 162 valence electrons. The fourth-order valence-corrected chi connectivity index (χ4v) is 3.22. The van der Waals surface area contributed by atoms with Gasteiger partial charge in [0.05, 0.1) is 29.7 Å². The van der Waals surface area contributed by atoms with Crippen LogP contribution in [0.2, 0.25) is 0 Å². The molecule has 30 heavy (non-hydrogen) atoms. The minimum absolute atomic E-state index is 0.168. The number of nitrogens with zero attached hydrogens (tertiary/aromatic N) is 3. The molecule has 0 radical (unpaired) electrons. The number of amides is 1. The predicted molar refractivity (Wildman–Crippen MR) is 113 cm³/mol. The van der Waals surface area contributed by atoms with Gasteiger partial charge in [-0.2, -0.15) is 0 Å². The van der Waals surface area contributed by atoms with Crippen LogP contribution in [0.25, 0.3) is 21.9 Å². The molecule has 10 nitrogen and oxygen atoms in total. The Morgan fingerprint density at radius 1 is 1.33 bits per heavy atom. The van der Waals surface area contributed by atoms with Crippen molar-refractivity contribution in [2.75, 3.05) is 25.5 Å². The summed E-state index contributed by atoms with van der Waals surface area (Å²) in [6.07, 6.45) is -1.10. The number of nitrogen functional groups attached to an aromatic ring is 1. The van der Waals surface area contributed by atoms with Gasteiger partial charge in [-0.3, -0.25) is 0 Å². The zero-order valence-electron chi connectivity index (χ0n) is 17.3. The van der Waals surface area contributed by atoms with Gasteiger partial charge < -0.3 is 35.3 Å². The fourth-order valence-electron chi connectivity index (χ4n) is 3.22. The largest absolute Gasteiger partial charge is 0.492 e. The number of nitrogens with one attached hydrogen (secondary N) is 1. The number of benzene rings is 1. The number of pyridine rings is 1. The molecule has 10 heteroatoms. The molecule has 0 unspecified atom stereocenters. The molecule has 3 aromatic rings. The van der Waals surface area contributed by atoms with Gasteiger partial charge in [-0.25, -0.2) is 14.8 Å². The number of nitrogens with two attached hydrogens (primary N) is 1. The van der Waals surface area contributed by atoms with Crippen molar-refractivity contribution in [1.29, 1.82) is 0 Å². The van der Waals surface area contributed by atoms with Gasteiger partial charge in [0.1, 0.15) is 30.3 Å². The number of aliphatic hydroxyl groups is 1. The van der Waals surface area contributed by atoms with Gasteiger partial charge in [0.25, 0.3) is 0 Å². The van der Waals surface area contributed by atoms with Crippen molar-refractivity contribution in [1.82, 2.24) is 19.9 Å². The van der Waals surface area contributed by atoms with E-state index in [0.717, 1.165) is 10.9 Å². The van der Waals surface area contributed by atoms with E-state index in [1.165, 1.54) is 0 Å². The molecule has 0 aliphatic rings. The Kier molecular flexibility index (Phi) is 6.28. The van der Waals surface area contributed by atoms with E-state index in [2.05, 4.69) is 15.3 Å². The molecule has 0 fully saturated rings. The van der Waals surface area contributed by atoms with Gasteiger partial charge in [-0.1, -0.05) is 0 Å². The Morgan fingerprint density at radius 2 is 2.10 bits per heavy atom. The highest BCUT2D eigenvalue weighted by molar-refractivity contribution is 6.06. The van der Waals surface area contributed by atoms with Gasteiger partial charge in [0.15, 0.2) is 5.82 Å². The molecule has 0 atom stereocenters. The lowest BCUT2D eigenvalue weighted by atomic mass is 10.1. The summed E-state index contributed by atoms with van der Waals surface area (Å²) in [4.78, 5) is 19.6. The quantitative estimate of drug-likeness (QED) is 0.387.